The van der Waals surface area contributed by atoms with Gasteiger partial charge in [-0.1, -0.05) is 12.1 Å². The second-order valence-corrected chi connectivity index (χ2v) is 5.09. The zero-order chi connectivity index (χ0) is 14.5. The van der Waals surface area contributed by atoms with Gasteiger partial charge in [0.15, 0.2) is 0 Å². The number of nitrogens with zero attached hydrogens (tertiary/aromatic N) is 1. The van der Waals surface area contributed by atoms with Crippen molar-refractivity contribution in [2.75, 3.05) is 20.3 Å². The molecule has 0 N–H and O–H groups in total. The van der Waals surface area contributed by atoms with Crippen molar-refractivity contribution in [3.05, 3.63) is 35.9 Å². The summed E-state index contributed by atoms with van der Waals surface area (Å²) in [5, 5.41) is 0. The molecule has 0 unspecified atom stereocenters. The Morgan fingerprint density at radius 2 is 2.05 bits per heavy atom. The zero-order valence-corrected chi connectivity index (χ0v) is 12.2. The molecule has 1 fully saturated rings. The Labute approximate surface area is 120 Å². The highest BCUT2D eigenvalue weighted by molar-refractivity contribution is 5.92. The Hall–Kier alpha value is -1.81. The van der Waals surface area contributed by atoms with Crippen LogP contribution in [-0.4, -0.2) is 43.2 Å². The van der Waals surface area contributed by atoms with E-state index in [-0.39, 0.29) is 18.1 Å². The summed E-state index contributed by atoms with van der Waals surface area (Å²) >= 11 is 0. The molecule has 0 saturated carbocycles. The van der Waals surface area contributed by atoms with E-state index >= 15 is 0 Å². The summed E-state index contributed by atoms with van der Waals surface area (Å²) in [5.41, 5.74) is 0.980. The molecular formula is C16H21NO3. The summed E-state index contributed by atoms with van der Waals surface area (Å²) in [7, 11) is 1.63. The number of ether oxygens (including phenoxy) is 2. The minimum absolute atomic E-state index is 0.0310. The molecule has 1 aromatic rings. The summed E-state index contributed by atoms with van der Waals surface area (Å²) in [6.45, 7) is 5.24. The van der Waals surface area contributed by atoms with Gasteiger partial charge in [0.1, 0.15) is 5.75 Å². The largest absolute Gasteiger partial charge is 0.497 e. The Balaban J connectivity index is 2.00. The van der Waals surface area contributed by atoms with Crippen molar-refractivity contribution in [1.82, 2.24) is 4.90 Å². The Kier molecular flexibility index (Phi) is 4.79. The Morgan fingerprint density at radius 1 is 1.35 bits per heavy atom. The second-order valence-electron chi connectivity index (χ2n) is 5.09. The first-order valence-electron chi connectivity index (χ1n) is 6.84. The molecule has 0 radical (unpaired) electrons. The third kappa shape index (κ3) is 3.61. The van der Waals surface area contributed by atoms with Crippen LogP contribution in [0.5, 0.6) is 5.75 Å². The predicted octanol–water partition coefficient (Wildman–Crippen LogP) is 2.34. The van der Waals surface area contributed by atoms with Crippen molar-refractivity contribution in [3.63, 3.8) is 0 Å². The Bertz CT molecular complexity index is 481. The summed E-state index contributed by atoms with van der Waals surface area (Å²) < 4.78 is 10.6. The fraction of sp³-hybridized carbons (Fsp3) is 0.438. The van der Waals surface area contributed by atoms with Crippen LogP contribution in [0.1, 0.15) is 19.4 Å². The van der Waals surface area contributed by atoms with Crippen molar-refractivity contribution < 1.29 is 14.3 Å². The fourth-order valence-corrected chi connectivity index (χ4v) is 2.19. The van der Waals surface area contributed by atoms with E-state index < -0.39 is 0 Å². The summed E-state index contributed by atoms with van der Waals surface area (Å²) in [4.78, 5) is 14.1. The SMILES string of the molecule is COc1ccc(/C=C/C(=O)N2C[C@H](C)OC[C@@H]2C)cc1. The molecule has 1 aliphatic heterocycles. The highest BCUT2D eigenvalue weighted by Gasteiger charge is 2.25. The van der Waals surface area contributed by atoms with Crippen LogP contribution >= 0.6 is 0 Å². The van der Waals surface area contributed by atoms with Crippen LogP contribution < -0.4 is 4.74 Å². The Morgan fingerprint density at radius 3 is 2.70 bits per heavy atom. The molecule has 1 heterocycles. The van der Waals surface area contributed by atoms with E-state index in [1.54, 1.807) is 13.2 Å². The first-order valence-corrected chi connectivity index (χ1v) is 6.84. The lowest BCUT2D eigenvalue weighted by Gasteiger charge is -2.36. The van der Waals surface area contributed by atoms with E-state index in [0.717, 1.165) is 11.3 Å². The van der Waals surface area contributed by atoms with Crippen LogP contribution in [0.4, 0.5) is 0 Å². The van der Waals surface area contributed by atoms with Crippen LogP contribution in [0.25, 0.3) is 6.08 Å². The minimum Gasteiger partial charge on any atom is -0.497 e. The van der Waals surface area contributed by atoms with Gasteiger partial charge >= 0.3 is 0 Å². The number of hydrogen-bond donors (Lipinski definition) is 0. The third-order valence-corrected chi connectivity index (χ3v) is 3.43. The normalized spacial score (nSPS) is 23.1. The van der Waals surface area contributed by atoms with Gasteiger partial charge in [0.25, 0.3) is 0 Å². The number of hydrogen-bond acceptors (Lipinski definition) is 3. The molecule has 1 aromatic carbocycles. The summed E-state index contributed by atoms with van der Waals surface area (Å²) in [5.74, 6) is 0.840. The van der Waals surface area contributed by atoms with Gasteiger partial charge in [0.05, 0.1) is 25.9 Å². The van der Waals surface area contributed by atoms with Gasteiger partial charge in [-0.05, 0) is 37.6 Å². The van der Waals surface area contributed by atoms with Crippen molar-refractivity contribution in [1.29, 1.82) is 0 Å². The molecule has 1 amide bonds. The van der Waals surface area contributed by atoms with Crippen LogP contribution in [0, 0.1) is 0 Å². The maximum Gasteiger partial charge on any atom is 0.246 e. The molecule has 2 atom stereocenters. The quantitative estimate of drug-likeness (QED) is 0.795. The molecule has 20 heavy (non-hydrogen) atoms. The molecule has 1 aliphatic rings. The molecule has 4 nitrogen and oxygen atoms in total. The van der Waals surface area contributed by atoms with E-state index in [1.807, 2.05) is 49.1 Å². The van der Waals surface area contributed by atoms with Gasteiger partial charge < -0.3 is 14.4 Å². The number of morpholine rings is 1. The molecule has 108 valence electrons. The smallest absolute Gasteiger partial charge is 0.246 e. The average molecular weight is 275 g/mol. The number of benzene rings is 1. The van der Waals surface area contributed by atoms with Gasteiger partial charge in [-0.2, -0.15) is 0 Å². The topological polar surface area (TPSA) is 38.8 Å². The van der Waals surface area contributed by atoms with Gasteiger partial charge in [-0.3, -0.25) is 4.79 Å². The monoisotopic (exact) mass is 275 g/mol. The first-order chi connectivity index (χ1) is 9.60. The van der Waals surface area contributed by atoms with Crippen molar-refractivity contribution in [2.45, 2.75) is 26.0 Å². The molecule has 0 bridgehead atoms. The lowest BCUT2D eigenvalue weighted by Crippen LogP contribution is -2.49. The number of rotatable bonds is 3. The third-order valence-electron chi connectivity index (χ3n) is 3.43. The summed E-state index contributed by atoms with van der Waals surface area (Å²) in [6, 6.07) is 7.73. The van der Waals surface area contributed by atoms with E-state index in [2.05, 4.69) is 0 Å². The standard InChI is InChI=1S/C16H21NO3/c1-12-11-20-13(2)10-17(12)16(18)9-6-14-4-7-15(19-3)8-5-14/h4-9,12-13H,10-11H2,1-3H3/b9-6+/t12-,13-/m0/s1. The molecule has 1 saturated heterocycles. The summed E-state index contributed by atoms with van der Waals surface area (Å²) in [6.07, 6.45) is 3.55. The highest BCUT2D eigenvalue weighted by atomic mass is 16.5. The van der Waals surface area contributed by atoms with E-state index in [9.17, 15) is 4.79 Å². The zero-order valence-electron chi connectivity index (χ0n) is 12.2. The molecule has 0 aliphatic carbocycles. The number of amides is 1. The number of carbonyl (C=O) groups is 1. The van der Waals surface area contributed by atoms with Crippen LogP contribution in [0.2, 0.25) is 0 Å². The first kappa shape index (κ1) is 14.6. The molecular weight excluding hydrogens is 254 g/mol. The van der Waals surface area contributed by atoms with E-state index in [0.29, 0.717) is 13.2 Å². The minimum atomic E-state index is 0.0310. The van der Waals surface area contributed by atoms with Gasteiger partial charge in [0, 0.05) is 12.6 Å². The highest BCUT2D eigenvalue weighted by Crippen LogP contribution is 2.14. The van der Waals surface area contributed by atoms with Gasteiger partial charge in [-0.15, -0.1) is 0 Å². The molecule has 0 spiro atoms. The van der Waals surface area contributed by atoms with E-state index in [4.69, 9.17) is 9.47 Å². The molecule has 0 aromatic heterocycles. The van der Waals surface area contributed by atoms with Crippen molar-refractivity contribution in [3.8, 4) is 5.75 Å². The average Bonchev–Trinajstić information content (AvgIpc) is 2.47. The lowest BCUT2D eigenvalue weighted by atomic mass is 10.1. The second kappa shape index (κ2) is 6.57. The lowest BCUT2D eigenvalue weighted by molar-refractivity contribution is -0.137. The van der Waals surface area contributed by atoms with Gasteiger partial charge in [-0.25, -0.2) is 0 Å². The predicted molar refractivity (Wildman–Crippen MR) is 78.6 cm³/mol. The van der Waals surface area contributed by atoms with Crippen LogP contribution in [-0.2, 0) is 9.53 Å². The van der Waals surface area contributed by atoms with E-state index in [1.165, 1.54) is 0 Å². The fourth-order valence-electron chi connectivity index (χ4n) is 2.19. The van der Waals surface area contributed by atoms with Crippen molar-refractivity contribution >= 4 is 12.0 Å². The molecule has 4 heteroatoms. The maximum atomic E-state index is 12.2. The number of carbonyl (C=O) groups excluding carboxylic acids is 1. The van der Waals surface area contributed by atoms with Gasteiger partial charge in [0.2, 0.25) is 5.91 Å². The number of methoxy groups -OCH3 is 1. The van der Waals surface area contributed by atoms with Crippen LogP contribution in [0.3, 0.4) is 0 Å². The maximum absolute atomic E-state index is 12.2. The van der Waals surface area contributed by atoms with Crippen LogP contribution in [0.15, 0.2) is 30.3 Å². The van der Waals surface area contributed by atoms with Crippen molar-refractivity contribution in [2.24, 2.45) is 0 Å². The molecule has 2 rings (SSSR count).